The molecular formula is C11H13FO3. The molecule has 2 N–H and O–H groups in total. The molecule has 1 unspecified atom stereocenters. The molecule has 0 aliphatic rings. The second-order valence-corrected chi connectivity index (χ2v) is 3.68. The highest BCUT2D eigenvalue weighted by molar-refractivity contribution is 5.68. The van der Waals surface area contributed by atoms with Crippen molar-refractivity contribution in [3.63, 3.8) is 0 Å². The number of carboxylic acid groups (broad SMARTS) is 1. The van der Waals surface area contributed by atoms with Gasteiger partial charge in [0.25, 0.3) is 0 Å². The van der Waals surface area contributed by atoms with E-state index in [0.717, 1.165) is 0 Å². The average molecular weight is 212 g/mol. The Morgan fingerprint density at radius 3 is 2.67 bits per heavy atom. The van der Waals surface area contributed by atoms with Gasteiger partial charge in [-0.15, -0.1) is 0 Å². The largest absolute Gasteiger partial charge is 0.505 e. The van der Waals surface area contributed by atoms with Crippen molar-refractivity contribution in [2.75, 3.05) is 0 Å². The van der Waals surface area contributed by atoms with Crippen LogP contribution in [0.5, 0.6) is 5.75 Å². The number of benzene rings is 1. The lowest BCUT2D eigenvalue weighted by Crippen LogP contribution is -2.04. The molecule has 0 saturated heterocycles. The number of phenolic OH excluding ortho intramolecular Hbond substituents is 1. The Bertz CT molecular complexity index is 388. The van der Waals surface area contributed by atoms with Crippen LogP contribution < -0.4 is 0 Å². The predicted molar refractivity (Wildman–Crippen MR) is 53.5 cm³/mol. The van der Waals surface area contributed by atoms with Crippen molar-refractivity contribution >= 4 is 5.97 Å². The number of halogens is 1. The van der Waals surface area contributed by atoms with E-state index in [2.05, 4.69) is 0 Å². The van der Waals surface area contributed by atoms with Crippen LogP contribution in [0.2, 0.25) is 0 Å². The van der Waals surface area contributed by atoms with Crippen LogP contribution in [0, 0.1) is 12.7 Å². The summed E-state index contributed by atoms with van der Waals surface area (Å²) in [6.45, 7) is 3.33. The van der Waals surface area contributed by atoms with Gasteiger partial charge in [0.15, 0.2) is 11.6 Å². The van der Waals surface area contributed by atoms with Crippen LogP contribution in [0.15, 0.2) is 12.1 Å². The first-order valence-electron chi connectivity index (χ1n) is 4.62. The second-order valence-electron chi connectivity index (χ2n) is 3.68. The number of hydrogen-bond donors (Lipinski definition) is 2. The molecule has 0 radical (unpaired) electrons. The first-order valence-corrected chi connectivity index (χ1v) is 4.62. The number of carboxylic acids is 1. The van der Waals surface area contributed by atoms with Crippen LogP contribution in [0.3, 0.4) is 0 Å². The summed E-state index contributed by atoms with van der Waals surface area (Å²) in [6, 6.07) is 2.82. The number of rotatable bonds is 3. The van der Waals surface area contributed by atoms with Crippen molar-refractivity contribution in [3.8, 4) is 5.75 Å². The first-order chi connectivity index (χ1) is 6.91. The number of hydrogen-bond acceptors (Lipinski definition) is 2. The van der Waals surface area contributed by atoms with Crippen molar-refractivity contribution in [2.24, 2.45) is 0 Å². The maximum atomic E-state index is 13.1. The Hall–Kier alpha value is -1.58. The normalized spacial score (nSPS) is 12.5. The van der Waals surface area contributed by atoms with Gasteiger partial charge >= 0.3 is 5.97 Å². The van der Waals surface area contributed by atoms with E-state index in [1.807, 2.05) is 0 Å². The van der Waals surface area contributed by atoms with Gasteiger partial charge in [0.05, 0.1) is 6.42 Å². The topological polar surface area (TPSA) is 57.5 Å². The fourth-order valence-corrected chi connectivity index (χ4v) is 1.51. The molecule has 1 aromatic rings. The molecule has 0 saturated carbocycles. The molecule has 3 nitrogen and oxygen atoms in total. The molecule has 4 heteroatoms. The second kappa shape index (κ2) is 4.29. The minimum Gasteiger partial charge on any atom is -0.505 e. The third-order valence-corrected chi connectivity index (χ3v) is 2.25. The zero-order valence-corrected chi connectivity index (χ0v) is 8.62. The smallest absolute Gasteiger partial charge is 0.303 e. The van der Waals surface area contributed by atoms with Gasteiger partial charge in [-0.3, -0.25) is 4.79 Å². The lowest BCUT2D eigenvalue weighted by Gasteiger charge is -2.12. The highest BCUT2D eigenvalue weighted by Crippen LogP contribution is 2.31. The molecule has 1 rings (SSSR count). The molecule has 82 valence electrons. The van der Waals surface area contributed by atoms with Crippen LogP contribution in [-0.4, -0.2) is 16.2 Å². The summed E-state index contributed by atoms with van der Waals surface area (Å²) >= 11 is 0. The number of phenols is 1. The molecule has 1 atom stereocenters. The maximum absolute atomic E-state index is 13.1. The van der Waals surface area contributed by atoms with Gasteiger partial charge in [0.1, 0.15) is 0 Å². The third-order valence-electron chi connectivity index (χ3n) is 2.25. The van der Waals surface area contributed by atoms with E-state index in [9.17, 15) is 14.3 Å². The average Bonchev–Trinajstić information content (AvgIpc) is 2.09. The van der Waals surface area contributed by atoms with E-state index < -0.39 is 23.5 Å². The van der Waals surface area contributed by atoms with E-state index >= 15 is 0 Å². The van der Waals surface area contributed by atoms with Gasteiger partial charge in [-0.2, -0.15) is 0 Å². The molecule has 0 spiro atoms. The lowest BCUT2D eigenvalue weighted by molar-refractivity contribution is -0.137. The van der Waals surface area contributed by atoms with Crippen molar-refractivity contribution in [3.05, 3.63) is 29.1 Å². The SMILES string of the molecule is Cc1cc(F)c(O)c(C(C)CC(=O)O)c1. The van der Waals surface area contributed by atoms with E-state index in [0.29, 0.717) is 11.1 Å². The van der Waals surface area contributed by atoms with Gasteiger partial charge < -0.3 is 10.2 Å². The highest BCUT2D eigenvalue weighted by atomic mass is 19.1. The van der Waals surface area contributed by atoms with Crippen LogP contribution in [0.1, 0.15) is 30.4 Å². The molecule has 0 aromatic heterocycles. The highest BCUT2D eigenvalue weighted by Gasteiger charge is 2.17. The van der Waals surface area contributed by atoms with E-state index in [4.69, 9.17) is 5.11 Å². The Morgan fingerprint density at radius 1 is 1.53 bits per heavy atom. The van der Waals surface area contributed by atoms with Crippen LogP contribution >= 0.6 is 0 Å². The molecule has 0 bridgehead atoms. The standard InChI is InChI=1S/C11H13FO3/c1-6-3-8(7(2)5-10(13)14)11(15)9(12)4-6/h3-4,7,15H,5H2,1-2H3,(H,13,14). The lowest BCUT2D eigenvalue weighted by atomic mass is 9.95. The summed E-state index contributed by atoms with van der Waals surface area (Å²) in [5.41, 5.74) is 1.01. The third kappa shape index (κ3) is 2.68. The van der Waals surface area contributed by atoms with E-state index in [1.54, 1.807) is 19.9 Å². The molecule has 0 fully saturated rings. The Labute approximate surface area is 87.2 Å². The molecule has 0 heterocycles. The Balaban J connectivity index is 3.07. The van der Waals surface area contributed by atoms with E-state index in [1.165, 1.54) is 6.07 Å². The van der Waals surface area contributed by atoms with E-state index in [-0.39, 0.29) is 6.42 Å². The summed E-state index contributed by atoms with van der Waals surface area (Å²) in [5, 5.41) is 18.0. The maximum Gasteiger partial charge on any atom is 0.303 e. The molecule has 0 aliphatic heterocycles. The molecule has 15 heavy (non-hydrogen) atoms. The molecule has 0 amide bonds. The van der Waals surface area contributed by atoms with Gasteiger partial charge in [-0.1, -0.05) is 13.0 Å². The molecule has 1 aromatic carbocycles. The van der Waals surface area contributed by atoms with Crippen molar-refractivity contribution in [1.82, 2.24) is 0 Å². The van der Waals surface area contributed by atoms with Crippen LogP contribution in [-0.2, 0) is 4.79 Å². The number of aromatic hydroxyl groups is 1. The van der Waals surface area contributed by atoms with Crippen LogP contribution in [0.4, 0.5) is 4.39 Å². The Kier molecular flexibility index (Phi) is 3.29. The van der Waals surface area contributed by atoms with Crippen LogP contribution in [0.25, 0.3) is 0 Å². The van der Waals surface area contributed by atoms with Gasteiger partial charge in [-0.25, -0.2) is 4.39 Å². The number of carbonyl (C=O) groups is 1. The number of aryl methyl sites for hydroxylation is 1. The van der Waals surface area contributed by atoms with Gasteiger partial charge in [0.2, 0.25) is 0 Å². The van der Waals surface area contributed by atoms with Gasteiger partial charge in [0, 0.05) is 5.56 Å². The molecular weight excluding hydrogens is 199 g/mol. The quantitative estimate of drug-likeness (QED) is 0.808. The number of aliphatic carboxylic acids is 1. The van der Waals surface area contributed by atoms with Crippen molar-refractivity contribution < 1.29 is 19.4 Å². The summed E-state index contributed by atoms with van der Waals surface area (Å²) in [6.07, 6.45) is -0.129. The predicted octanol–water partition coefficient (Wildman–Crippen LogP) is 2.42. The fourth-order valence-electron chi connectivity index (χ4n) is 1.51. The first kappa shape index (κ1) is 11.5. The summed E-state index contributed by atoms with van der Waals surface area (Å²) in [4.78, 5) is 10.5. The zero-order valence-electron chi connectivity index (χ0n) is 8.62. The fraction of sp³-hybridized carbons (Fsp3) is 0.364. The van der Waals surface area contributed by atoms with Crippen molar-refractivity contribution in [2.45, 2.75) is 26.2 Å². The zero-order chi connectivity index (χ0) is 11.6. The minimum atomic E-state index is -0.969. The summed E-state index contributed by atoms with van der Waals surface area (Å²) in [5.74, 6) is -2.53. The summed E-state index contributed by atoms with van der Waals surface area (Å²) < 4.78 is 13.1. The summed E-state index contributed by atoms with van der Waals surface area (Å²) in [7, 11) is 0. The molecule has 0 aliphatic carbocycles. The van der Waals surface area contributed by atoms with Crippen molar-refractivity contribution in [1.29, 1.82) is 0 Å². The minimum absolute atomic E-state index is 0.129. The monoisotopic (exact) mass is 212 g/mol. The van der Waals surface area contributed by atoms with Gasteiger partial charge in [-0.05, 0) is 24.5 Å². The Morgan fingerprint density at radius 2 is 2.13 bits per heavy atom.